The average molecular weight is 292 g/mol. The highest BCUT2D eigenvalue weighted by atomic mass is 32.1. The van der Waals surface area contributed by atoms with Crippen LogP contribution in [0.4, 0.5) is 11.4 Å². The molecule has 0 bridgehead atoms. The minimum atomic E-state index is -1.10. The number of carboxylic acids is 1. The summed E-state index contributed by atoms with van der Waals surface area (Å²) in [5, 5.41) is 21.9. The van der Waals surface area contributed by atoms with Gasteiger partial charge in [0.1, 0.15) is 0 Å². The number of hydrogen-bond acceptors (Lipinski definition) is 5. The fourth-order valence-corrected chi connectivity index (χ4v) is 2.61. The molecule has 0 aliphatic rings. The van der Waals surface area contributed by atoms with Gasteiger partial charge in [-0.15, -0.1) is 11.3 Å². The summed E-state index contributed by atoms with van der Waals surface area (Å²) < 4.78 is 0. The summed E-state index contributed by atoms with van der Waals surface area (Å²) >= 11 is 1.55. The summed E-state index contributed by atoms with van der Waals surface area (Å²) in [7, 11) is 1.71. The molecule has 0 unspecified atom stereocenters. The Morgan fingerprint density at radius 2 is 2.20 bits per heavy atom. The van der Waals surface area contributed by atoms with Crippen molar-refractivity contribution in [1.82, 2.24) is 0 Å². The average Bonchev–Trinajstić information content (AvgIpc) is 2.90. The third-order valence-electron chi connectivity index (χ3n) is 2.81. The summed E-state index contributed by atoms with van der Waals surface area (Å²) in [6.45, 7) is 0.499. The summed E-state index contributed by atoms with van der Waals surface area (Å²) in [6.07, 6.45) is 0. The first-order valence-electron chi connectivity index (χ1n) is 5.74. The zero-order valence-electron chi connectivity index (χ0n) is 10.6. The lowest BCUT2D eigenvalue weighted by Crippen LogP contribution is -2.19. The molecular formula is C13H12N2O4S. The third kappa shape index (κ3) is 2.94. The molecule has 0 aliphatic heterocycles. The van der Waals surface area contributed by atoms with Gasteiger partial charge < -0.3 is 10.0 Å². The molecule has 0 amide bonds. The highest BCUT2D eigenvalue weighted by molar-refractivity contribution is 7.09. The van der Waals surface area contributed by atoms with E-state index in [0.29, 0.717) is 12.2 Å². The van der Waals surface area contributed by atoms with Gasteiger partial charge in [-0.1, -0.05) is 6.07 Å². The van der Waals surface area contributed by atoms with E-state index < -0.39 is 10.9 Å². The molecule has 1 aromatic carbocycles. The van der Waals surface area contributed by atoms with Crippen molar-refractivity contribution in [1.29, 1.82) is 0 Å². The van der Waals surface area contributed by atoms with Crippen LogP contribution in [0.1, 0.15) is 15.2 Å². The van der Waals surface area contributed by atoms with E-state index in [4.69, 9.17) is 0 Å². The van der Waals surface area contributed by atoms with Gasteiger partial charge in [-0.05, 0) is 17.5 Å². The van der Waals surface area contributed by atoms with E-state index in [1.165, 1.54) is 18.2 Å². The molecule has 2 rings (SSSR count). The Morgan fingerprint density at radius 3 is 2.75 bits per heavy atom. The number of aromatic carboxylic acids is 1. The Balaban J connectivity index is 2.38. The van der Waals surface area contributed by atoms with Crippen molar-refractivity contribution in [2.45, 2.75) is 6.54 Å². The van der Waals surface area contributed by atoms with Crippen molar-refractivity contribution in [2.75, 3.05) is 11.9 Å². The van der Waals surface area contributed by atoms with E-state index in [1.54, 1.807) is 23.3 Å². The molecule has 0 fully saturated rings. The SMILES string of the molecule is CN(Cc1cccs1)c1cc([N+](=O)[O-])ccc1C(=O)O. The smallest absolute Gasteiger partial charge is 0.337 e. The van der Waals surface area contributed by atoms with Gasteiger partial charge in [0.15, 0.2) is 0 Å². The van der Waals surface area contributed by atoms with Gasteiger partial charge in [-0.2, -0.15) is 0 Å². The molecule has 6 nitrogen and oxygen atoms in total. The largest absolute Gasteiger partial charge is 0.478 e. The lowest BCUT2D eigenvalue weighted by atomic mass is 10.1. The van der Waals surface area contributed by atoms with E-state index in [2.05, 4.69) is 0 Å². The molecule has 104 valence electrons. The van der Waals surface area contributed by atoms with Crippen LogP contribution >= 0.6 is 11.3 Å². The Morgan fingerprint density at radius 1 is 1.45 bits per heavy atom. The normalized spacial score (nSPS) is 10.2. The lowest BCUT2D eigenvalue weighted by Gasteiger charge is -2.20. The molecular weight excluding hydrogens is 280 g/mol. The number of non-ortho nitro benzene ring substituents is 1. The van der Waals surface area contributed by atoms with E-state index >= 15 is 0 Å². The second-order valence-corrected chi connectivity index (χ2v) is 5.23. The standard InChI is InChI=1S/C13H12N2O4S/c1-14(8-10-3-2-6-20-10)12-7-9(15(18)19)4-5-11(12)13(16)17/h2-7H,8H2,1H3,(H,16,17). The number of thiophene rings is 1. The molecule has 0 radical (unpaired) electrons. The Bertz CT molecular complexity index is 640. The van der Waals surface area contributed by atoms with E-state index in [0.717, 1.165) is 4.88 Å². The van der Waals surface area contributed by atoms with Gasteiger partial charge in [0.2, 0.25) is 0 Å². The van der Waals surface area contributed by atoms with Crippen molar-refractivity contribution in [3.63, 3.8) is 0 Å². The molecule has 1 heterocycles. The van der Waals surface area contributed by atoms with Gasteiger partial charge >= 0.3 is 5.97 Å². The topological polar surface area (TPSA) is 83.7 Å². The molecule has 7 heteroatoms. The second-order valence-electron chi connectivity index (χ2n) is 4.20. The van der Waals surface area contributed by atoms with Crippen molar-refractivity contribution < 1.29 is 14.8 Å². The fraction of sp³-hybridized carbons (Fsp3) is 0.154. The third-order valence-corrected chi connectivity index (χ3v) is 3.67. The molecule has 1 N–H and O–H groups in total. The summed E-state index contributed by atoms with van der Waals surface area (Å²) in [4.78, 5) is 24.2. The minimum absolute atomic E-state index is 0.0506. The van der Waals surface area contributed by atoms with Crippen LogP contribution in [0, 0.1) is 10.1 Å². The monoisotopic (exact) mass is 292 g/mol. The number of anilines is 1. The van der Waals surface area contributed by atoms with Crippen LogP contribution in [0.2, 0.25) is 0 Å². The molecule has 0 saturated heterocycles. The minimum Gasteiger partial charge on any atom is -0.478 e. The Hall–Kier alpha value is -2.41. The lowest BCUT2D eigenvalue weighted by molar-refractivity contribution is -0.384. The van der Waals surface area contributed by atoms with Crippen LogP contribution < -0.4 is 4.90 Å². The van der Waals surface area contributed by atoms with Gasteiger partial charge in [0.25, 0.3) is 5.69 Å². The second kappa shape index (κ2) is 5.70. The maximum absolute atomic E-state index is 11.2. The van der Waals surface area contributed by atoms with Gasteiger partial charge in [0.05, 0.1) is 22.7 Å². The molecule has 0 aliphatic carbocycles. The maximum Gasteiger partial charge on any atom is 0.337 e. The van der Waals surface area contributed by atoms with Crippen molar-refractivity contribution in [3.8, 4) is 0 Å². The zero-order valence-corrected chi connectivity index (χ0v) is 11.5. The van der Waals surface area contributed by atoms with Crippen molar-refractivity contribution in [3.05, 3.63) is 56.3 Å². The van der Waals surface area contributed by atoms with E-state index in [9.17, 15) is 20.0 Å². The first-order valence-corrected chi connectivity index (χ1v) is 6.62. The molecule has 0 spiro atoms. The summed E-state index contributed by atoms with van der Waals surface area (Å²) in [5.41, 5.74) is 0.262. The maximum atomic E-state index is 11.2. The highest BCUT2D eigenvalue weighted by Gasteiger charge is 2.18. The van der Waals surface area contributed by atoms with Gasteiger partial charge in [-0.25, -0.2) is 4.79 Å². The highest BCUT2D eigenvalue weighted by Crippen LogP contribution is 2.27. The number of hydrogen-bond donors (Lipinski definition) is 1. The number of carboxylic acid groups (broad SMARTS) is 1. The molecule has 2 aromatic rings. The van der Waals surface area contributed by atoms with Crippen LogP contribution in [0.5, 0.6) is 0 Å². The van der Waals surface area contributed by atoms with Crippen LogP contribution in [0.3, 0.4) is 0 Å². The number of nitro groups is 1. The van der Waals surface area contributed by atoms with E-state index in [1.807, 2.05) is 17.5 Å². The van der Waals surface area contributed by atoms with Gasteiger partial charge in [0, 0.05) is 24.1 Å². The van der Waals surface area contributed by atoms with E-state index in [-0.39, 0.29) is 11.3 Å². The predicted molar refractivity (Wildman–Crippen MR) is 76.5 cm³/mol. The predicted octanol–water partition coefficient (Wildman–Crippen LogP) is 2.99. The van der Waals surface area contributed by atoms with Crippen LogP contribution in [0.25, 0.3) is 0 Å². The molecule has 0 atom stereocenters. The number of rotatable bonds is 5. The quantitative estimate of drug-likeness (QED) is 0.676. The van der Waals surface area contributed by atoms with Crippen LogP contribution in [-0.4, -0.2) is 23.0 Å². The Kier molecular flexibility index (Phi) is 3.99. The molecule has 1 aromatic heterocycles. The zero-order chi connectivity index (χ0) is 14.7. The fourth-order valence-electron chi connectivity index (χ4n) is 1.85. The number of carbonyl (C=O) groups is 1. The summed E-state index contributed by atoms with van der Waals surface area (Å²) in [6, 6.07) is 7.59. The van der Waals surface area contributed by atoms with Gasteiger partial charge in [-0.3, -0.25) is 10.1 Å². The Labute approximate surface area is 119 Å². The molecule has 0 saturated carbocycles. The summed E-state index contributed by atoms with van der Waals surface area (Å²) in [5.74, 6) is -1.10. The molecule has 20 heavy (non-hydrogen) atoms. The van der Waals surface area contributed by atoms with Crippen LogP contribution in [0.15, 0.2) is 35.7 Å². The first kappa shape index (κ1) is 14.0. The number of nitrogens with zero attached hydrogens (tertiary/aromatic N) is 2. The number of benzene rings is 1. The van der Waals surface area contributed by atoms with Crippen molar-refractivity contribution >= 4 is 28.7 Å². The van der Waals surface area contributed by atoms with Crippen molar-refractivity contribution in [2.24, 2.45) is 0 Å². The first-order chi connectivity index (χ1) is 9.49. The van der Waals surface area contributed by atoms with Crippen LogP contribution in [-0.2, 0) is 6.54 Å². The number of nitro benzene ring substituents is 1.